The van der Waals surface area contributed by atoms with Crippen LogP contribution in [-0.2, 0) is 27.1 Å². The molecule has 2 aromatic rings. The average Bonchev–Trinajstić information content (AvgIpc) is 3.07. The molecule has 1 aromatic heterocycles. The molecule has 0 saturated heterocycles. The molecule has 1 aliphatic rings. The molecule has 1 N–H and O–H groups in total. The molecule has 0 spiro atoms. The molecule has 1 heterocycles. The van der Waals surface area contributed by atoms with Crippen LogP contribution in [0.2, 0.25) is 0 Å². The number of thiophene rings is 1. The zero-order chi connectivity index (χ0) is 20.8. The van der Waals surface area contributed by atoms with Gasteiger partial charge in [0.15, 0.2) is 6.10 Å². The van der Waals surface area contributed by atoms with E-state index in [1.54, 1.807) is 6.92 Å². The van der Waals surface area contributed by atoms with Gasteiger partial charge in [-0.15, -0.1) is 11.3 Å². The first-order valence-corrected chi connectivity index (χ1v) is 10.3. The average molecular weight is 421 g/mol. The normalized spacial score (nSPS) is 14.0. The maximum Gasteiger partial charge on any atom is 0.341 e. The number of halogens is 1. The molecule has 0 fully saturated rings. The second kappa shape index (κ2) is 9.84. The van der Waals surface area contributed by atoms with Crippen LogP contribution in [0.4, 0.5) is 9.39 Å². The number of hydrogen-bond donors (Lipinski definition) is 1. The van der Waals surface area contributed by atoms with Gasteiger partial charge in [0.05, 0.1) is 12.2 Å². The number of carbonyl (C=O) groups is 2. The van der Waals surface area contributed by atoms with Crippen LogP contribution in [0.15, 0.2) is 24.3 Å². The fourth-order valence-corrected chi connectivity index (χ4v) is 4.42. The summed E-state index contributed by atoms with van der Waals surface area (Å²) >= 11 is 1.41. The fourth-order valence-electron chi connectivity index (χ4n) is 3.14. The van der Waals surface area contributed by atoms with Crippen molar-refractivity contribution in [2.75, 3.05) is 25.6 Å². The van der Waals surface area contributed by atoms with E-state index < -0.39 is 12.1 Å². The van der Waals surface area contributed by atoms with Crippen molar-refractivity contribution in [3.8, 4) is 5.75 Å². The summed E-state index contributed by atoms with van der Waals surface area (Å²) in [5.41, 5.74) is 1.40. The molecule has 6 nitrogen and oxygen atoms in total. The zero-order valence-electron chi connectivity index (χ0n) is 16.5. The minimum absolute atomic E-state index is 0.150. The molecular formula is C21H24FNO5S. The van der Waals surface area contributed by atoms with Gasteiger partial charge >= 0.3 is 5.97 Å². The van der Waals surface area contributed by atoms with Crippen LogP contribution in [0.5, 0.6) is 5.75 Å². The first-order chi connectivity index (χ1) is 14.0. The van der Waals surface area contributed by atoms with Gasteiger partial charge in [0, 0.05) is 12.0 Å². The number of carbonyl (C=O) groups excluding carboxylic acids is 2. The summed E-state index contributed by atoms with van der Waals surface area (Å²) in [6.07, 6.45) is 2.91. The van der Waals surface area contributed by atoms with Crippen molar-refractivity contribution >= 4 is 28.2 Å². The lowest BCUT2D eigenvalue weighted by atomic mass is 9.95. The number of amides is 1. The summed E-state index contributed by atoms with van der Waals surface area (Å²) in [6, 6.07) is 5.45. The van der Waals surface area contributed by atoms with E-state index in [0.717, 1.165) is 36.1 Å². The highest BCUT2D eigenvalue weighted by Gasteiger charge is 2.28. The molecule has 8 heteroatoms. The van der Waals surface area contributed by atoms with Crippen molar-refractivity contribution in [1.29, 1.82) is 0 Å². The third kappa shape index (κ3) is 5.33. The molecule has 1 aromatic carbocycles. The minimum Gasteiger partial charge on any atom is -0.481 e. The van der Waals surface area contributed by atoms with E-state index in [0.29, 0.717) is 22.9 Å². The van der Waals surface area contributed by atoms with Gasteiger partial charge in [0.25, 0.3) is 5.91 Å². The number of ether oxygens (including phenoxy) is 3. The van der Waals surface area contributed by atoms with Crippen molar-refractivity contribution in [1.82, 2.24) is 0 Å². The summed E-state index contributed by atoms with van der Waals surface area (Å²) in [6.45, 7) is 2.06. The topological polar surface area (TPSA) is 73.9 Å². The molecule has 156 valence electrons. The number of nitrogens with one attached hydrogen (secondary N) is 1. The molecule has 1 atom stereocenters. The SMILES string of the molecule is COCCOC(=O)c1c(NC(=O)C(C)Oc2ccc(F)cc2)sc2c1CCCC2. The Morgan fingerprint density at radius 3 is 2.62 bits per heavy atom. The zero-order valence-corrected chi connectivity index (χ0v) is 17.3. The first-order valence-electron chi connectivity index (χ1n) is 9.53. The van der Waals surface area contributed by atoms with Crippen LogP contribution >= 0.6 is 11.3 Å². The Bertz CT molecular complexity index is 865. The van der Waals surface area contributed by atoms with Gasteiger partial charge in [-0.25, -0.2) is 9.18 Å². The lowest BCUT2D eigenvalue weighted by Crippen LogP contribution is -2.30. The number of hydrogen-bond acceptors (Lipinski definition) is 6. The van der Waals surface area contributed by atoms with Gasteiger partial charge in [-0.05, 0) is 62.4 Å². The maximum atomic E-state index is 13.0. The molecular weight excluding hydrogens is 397 g/mol. The van der Waals surface area contributed by atoms with Crippen molar-refractivity contribution in [3.05, 3.63) is 46.1 Å². The van der Waals surface area contributed by atoms with Gasteiger partial charge in [-0.2, -0.15) is 0 Å². The summed E-state index contributed by atoms with van der Waals surface area (Å²) in [4.78, 5) is 26.4. The molecule has 3 rings (SSSR count). The second-order valence-electron chi connectivity index (χ2n) is 6.75. The van der Waals surface area contributed by atoms with E-state index in [1.165, 1.54) is 42.7 Å². The predicted octanol–water partition coefficient (Wildman–Crippen LogP) is 3.98. The number of anilines is 1. The van der Waals surface area contributed by atoms with E-state index in [4.69, 9.17) is 14.2 Å². The van der Waals surface area contributed by atoms with Crippen molar-refractivity contribution in [3.63, 3.8) is 0 Å². The molecule has 1 unspecified atom stereocenters. The fraction of sp³-hybridized carbons (Fsp3) is 0.429. The van der Waals surface area contributed by atoms with Crippen LogP contribution in [0, 0.1) is 5.82 Å². The summed E-state index contributed by atoms with van der Waals surface area (Å²) < 4.78 is 28.8. The highest BCUT2D eigenvalue weighted by Crippen LogP contribution is 2.38. The lowest BCUT2D eigenvalue weighted by molar-refractivity contribution is -0.122. The maximum absolute atomic E-state index is 13.0. The Labute approximate surface area is 173 Å². The van der Waals surface area contributed by atoms with Gasteiger partial charge < -0.3 is 19.5 Å². The van der Waals surface area contributed by atoms with E-state index >= 15 is 0 Å². The van der Waals surface area contributed by atoms with Gasteiger partial charge in [0.1, 0.15) is 23.2 Å². The standard InChI is InChI=1S/C21H24FNO5S/c1-13(28-15-9-7-14(22)8-10-15)19(24)23-20-18(21(25)27-12-11-26-2)16-5-3-4-6-17(16)29-20/h7-10,13H,3-6,11-12H2,1-2H3,(H,23,24). The largest absolute Gasteiger partial charge is 0.481 e. The van der Waals surface area contributed by atoms with E-state index in [-0.39, 0.29) is 18.3 Å². The molecule has 1 aliphatic carbocycles. The highest BCUT2D eigenvalue weighted by molar-refractivity contribution is 7.17. The minimum atomic E-state index is -0.822. The summed E-state index contributed by atoms with van der Waals surface area (Å²) in [7, 11) is 1.54. The second-order valence-corrected chi connectivity index (χ2v) is 7.85. The van der Waals surface area contributed by atoms with Crippen LogP contribution in [-0.4, -0.2) is 38.3 Å². The Morgan fingerprint density at radius 1 is 1.17 bits per heavy atom. The van der Waals surface area contributed by atoms with Gasteiger partial charge in [-0.3, -0.25) is 4.79 Å². The molecule has 29 heavy (non-hydrogen) atoms. The van der Waals surface area contributed by atoms with Crippen molar-refractivity contribution in [2.24, 2.45) is 0 Å². The Balaban J connectivity index is 1.74. The Hall–Kier alpha value is -2.45. The van der Waals surface area contributed by atoms with Crippen LogP contribution in [0.25, 0.3) is 0 Å². The van der Waals surface area contributed by atoms with Crippen LogP contribution in [0.1, 0.15) is 40.6 Å². The smallest absolute Gasteiger partial charge is 0.341 e. The molecule has 1 amide bonds. The Morgan fingerprint density at radius 2 is 1.90 bits per heavy atom. The number of methoxy groups -OCH3 is 1. The molecule has 0 radical (unpaired) electrons. The Kier molecular flexibility index (Phi) is 7.22. The third-order valence-corrected chi connectivity index (χ3v) is 5.84. The van der Waals surface area contributed by atoms with Crippen molar-refractivity contribution in [2.45, 2.75) is 38.7 Å². The number of fused-ring (bicyclic) bond motifs is 1. The summed E-state index contributed by atoms with van der Waals surface area (Å²) in [5.74, 6) is -0.836. The third-order valence-electron chi connectivity index (χ3n) is 4.63. The molecule has 0 saturated carbocycles. The van der Waals surface area contributed by atoms with E-state index in [9.17, 15) is 14.0 Å². The first kappa shape index (κ1) is 21.3. The molecule has 0 bridgehead atoms. The van der Waals surface area contributed by atoms with Crippen LogP contribution in [0.3, 0.4) is 0 Å². The van der Waals surface area contributed by atoms with Gasteiger partial charge in [-0.1, -0.05) is 0 Å². The quantitative estimate of drug-likeness (QED) is 0.516. The van der Waals surface area contributed by atoms with Crippen LogP contribution < -0.4 is 10.1 Å². The number of aryl methyl sites for hydroxylation is 1. The van der Waals surface area contributed by atoms with Crippen molar-refractivity contribution < 1.29 is 28.2 Å². The monoisotopic (exact) mass is 421 g/mol. The highest BCUT2D eigenvalue weighted by atomic mass is 32.1. The molecule has 0 aliphatic heterocycles. The lowest BCUT2D eigenvalue weighted by Gasteiger charge is -2.15. The number of esters is 1. The summed E-state index contributed by atoms with van der Waals surface area (Å²) in [5, 5.41) is 3.30. The predicted molar refractivity (Wildman–Crippen MR) is 108 cm³/mol. The van der Waals surface area contributed by atoms with Gasteiger partial charge in [0.2, 0.25) is 0 Å². The number of rotatable bonds is 8. The number of benzene rings is 1. The van der Waals surface area contributed by atoms with E-state index in [2.05, 4.69) is 5.32 Å². The van der Waals surface area contributed by atoms with E-state index in [1.807, 2.05) is 0 Å².